The third-order valence-corrected chi connectivity index (χ3v) is 0.971. The molecule has 0 aromatic heterocycles. The van der Waals surface area contributed by atoms with Gasteiger partial charge in [-0.2, -0.15) is 0 Å². The standard InChI is InChI=1S/C7H13NO/c1-3-4-5-6-7(9)8-2/h5-6H,3-4H2,1-2H3,(H,8,9)/b6-5+. The van der Waals surface area contributed by atoms with Crippen molar-refractivity contribution in [1.82, 2.24) is 5.32 Å². The molecule has 0 atom stereocenters. The van der Waals surface area contributed by atoms with Gasteiger partial charge in [0.05, 0.1) is 0 Å². The van der Waals surface area contributed by atoms with Gasteiger partial charge in [-0.3, -0.25) is 4.79 Å². The molecule has 0 fully saturated rings. The van der Waals surface area contributed by atoms with E-state index in [1.165, 1.54) is 0 Å². The minimum Gasteiger partial charge on any atom is -0.356 e. The van der Waals surface area contributed by atoms with Crippen LogP contribution in [-0.2, 0) is 4.79 Å². The molecule has 0 heterocycles. The Kier molecular flexibility index (Phi) is 4.88. The van der Waals surface area contributed by atoms with Crippen LogP contribution in [0.3, 0.4) is 0 Å². The third-order valence-electron chi connectivity index (χ3n) is 0.971. The normalized spacial score (nSPS) is 10.0. The minimum atomic E-state index is -0.0246. The van der Waals surface area contributed by atoms with Crippen molar-refractivity contribution >= 4 is 5.91 Å². The molecule has 9 heavy (non-hydrogen) atoms. The molecule has 2 heteroatoms. The van der Waals surface area contributed by atoms with Gasteiger partial charge in [-0.15, -0.1) is 0 Å². The fraction of sp³-hybridized carbons (Fsp3) is 0.571. The Hall–Kier alpha value is -0.790. The van der Waals surface area contributed by atoms with E-state index in [2.05, 4.69) is 12.2 Å². The van der Waals surface area contributed by atoms with Crippen LogP contribution in [0.5, 0.6) is 0 Å². The average molecular weight is 127 g/mol. The fourth-order valence-corrected chi connectivity index (χ4v) is 0.440. The molecule has 0 unspecified atom stereocenters. The molecule has 0 aromatic rings. The van der Waals surface area contributed by atoms with Gasteiger partial charge in [0.2, 0.25) is 5.91 Å². The van der Waals surface area contributed by atoms with Crippen molar-refractivity contribution in [2.24, 2.45) is 0 Å². The zero-order valence-corrected chi connectivity index (χ0v) is 5.98. The molecule has 1 amide bonds. The Morgan fingerprint density at radius 3 is 2.78 bits per heavy atom. The van der Waals surface area contributed by atoms with Gasteiger partial charge in [-0.25, -0.2) is 0 Å². The number of likely N-dealkylation sites (N-methyl/N-ethyl adjacent to an activating group) is 1. The van der Waals surface area contributed by atoms with E-state index in [4.69, 9.17) is 0 Å². The largest absolute Gasteiger partial charge is 0.356 e. The number of nitrogens with one attached hydrogen (secondary N) is 1. The second-order valence-corrected chi connectivity index (χ2v) is 1.81. The molecule has 52 valence electrons. The molecule has 0 aliphatic heterocycles. The molecule has 0 aliphatic rings. The van der Waals surface area contributed by atoms with Crippen LogP contribution in [-0.4, -0.2) is 13.0 Å². The number of carbonyl (C=O) groups excluding carboxylic acids is 1. The van der Waals surface area contributed by atoms with E-state index in [1.54, 1.807) is 13.1 Å². The number of rotatable bonds is 3. The van der Waals surface area contributed by atoms with Crippen molar-refractivity contribution in [1.29, 1.82) is 0 Å². The van der Waals surface area contributed by atoms with Crippen LogP contribution in [0.2, 0.25) is 0 Å². The molecule has 1 N–H and O–H groups in total. The number of carbonyl (C=O) groups is 1. The monoisotopic (exact) mass is 127 g/mol. The number of hydrogen-bond donors (Lipinski definition) is 1. The van der Waals surface area contributed by atoms with Crippen molar-refractivity contribution in [3.05, 3.63) is 12.2 Å². The lowest BCUT2D eigenvalue weighted by atomic mass is 10.3. The topological polar surface area (TPSA) is 29.1 Å². The summed E-state index contributed by atoms with van der Waals surface area (Å²) in [5, 5.41) is 2.50. The van der Waals surface area contributed by atoms with Crippen molar-refractivity contribution < 1.29 is 4.79 Å². The van der Waals surface area contributed by atoms with Crippen molar-refractivity contribution in [2.75, 3.05) is 7.05 Å². The van der Waals surface area contributed by atoms with Crippen molar-refractivity contribution in [3.8, 4) is 0 Å². The predicted octanol–water partition coefficient (Wildman–Crippen LogP) is 1.09. The second kappa shape index (κ2) is 5.35. The van der Waals surface area contributed by atoms with Gasteiger partial charge in [0.15, 0.2) is 0 Å². The molecule has 0 saturated carbocycles. The van der Waals surface area contributed by atoms with E-state index in [1.807, 2.05) is 6.08 Å². The lowest BCUT2D eigenvalue weighted by molar-refractivity contribution is -0.116. The number of unbranched alkanes of at least 4 members (excludes halogenated alkanes) is 1. The summed E-state index contributed by atoms with van der Waals surface area (Å²) < 4.78 is 0. The molecular formula is C7H13NO. The highest BCUT2D eigenvalue weighted by atomic mass is 16.1. The summed E-state index contributed by atoms with van der Waals surface area (Å²) in [5.41, 5.74) is 0. The van der Waals surface area contributed by atoms with Crippen LogP contribution in [0, 0.1) is 0 Å². The molecule has 0 aromatic carbocycles. The molecule has 0 radical (unpaired) electrons. The third kappa shape index (κ3) is 5.07. The van der Waals surface area contributed by atoms with Gasteiger partial charge in [0.1, 0.15) is 0 Å². The predicted molar refractivity (Wildman–Crippen MR) is 38.1 cm³/mol. The smallest absolute Gasteiger partial charge is 0.243 e. The minimum absolute atomic E-state index is 0.0246. The molecule has 0 rings (SSSR count). The van der Waals surface area contributed by atoms with Gasteiger partial charge < -0.3 is 5.32 Å². The molecular weight excluding hydrogens is 114 g/mol. The summed E-state index contributed by atoms with van der Waals surface area (Å²) in [6.07, 6.45) is 5.50. The zero-order chi connectivity index (χ0) is 7.11. The molecule has 0 spiro atoms. The van der Waals surface area contributed by atoms with Crippen LogP contribution >= 0.6 is 0 Å². The number of amides is 1. The maximum atomic E-state index is 10.5. The average Bonchev–Trinajstić information content (AvgIpc) is 1.89. The van der Waals surface area contributed by atoms with E-state index in [0.29, 0.717) is 0 Å². The quantitative estimate of drug-likeness (QED) is 0.565. The second-order valence-electron chi connectivity index (χ2n) is 1.81. The number of hydrogen-bond acceptors (Lipinski definition) is 1. The number of allylic oxidation sites excluding steroid dienone is 1. The molecule has 0 aliphatic carbocycles. The maximum absolute atomic E-state index is 10.5. The van der Waals surface area contributed by atoms with Crippen LogP contribution in [0.15, 0.2) is 12.2 Å². The first-order valence-corrected chi connectivity index (χ1v) is 3.19. The van der Waals surface area contributed by atoms with Crippen LogP contribution in [0.4, 0.5) is 0 Å². The first-order chi connectivity index (χ1) is 4.31. The SMILES string of the molecule is CCC/C=C/C(=O)NC. The van der Waals surface area contributed by atoms with E-state index in [0.717, 1.165) is 12.8 Å². The Morgan fingerprint density at radius 2 is 2.33 bits per heavy atom. The van der Waals surface area contributed by atoms with Crippen LogP contribution < -0.4 is 5.32 Å². The molecule has 2 nitrogen and oxygen atoms in total. The highest BCUT2D eigenvalue weighted by molar-refractivity contribution is 5.87. The van der Waals surface area contributed by atoms with E-state index in [-0.39, 0.29) is 5.91 Å². The van der Waals surface area contributed by atoms with Crippen molar-refractivity contribution in [3.63, 3.8) is 0 Å². The van der Waals surface area contributed by atoms with Gasteiger partial charge >= 0.3 is 0 Å². The van der Waals surface area contributed by atoms with E-state index < -0.39 is 0 Å². The Morgan fingerprint density at radius 1 is 1.67 bits per heavy atom. The van der Waals surface area contributed by atoms with Crippen LogP contribution in [0.25, 0.3) is 0 Å². The molecule has 0 saturated heterocycles. The maximum Gasteiger partial charge on any atom is 0.243 e. The van der Waals surface area contributed by atoms with Gasteiger partial charge in [-0.05, 0) is 12.5 Å². The Balaban J connectivity index is 3.32. The van der Waals surface area contributed by atoms with E-state index >= 15 is 0 Å². The summed E-state index contributed by atoms with van der Waals surface area (Å²) in [6, 6.07) is 0. The fourth-order valence-electron chi connectivity index (χ4n) is 0.440. The van der Waals surface area contributed by atoms with Crippen molar-refractivity contribution in [2.45, 2.75) is 19.8 Å². The Bertz CT molecular complexity index is 107. The lowest BCUT2D eigenvalue weighted by Gasteiger charge is -1.87. The highest BCUT2D eigenvalue weighted by Crippen LogP contribution is 1.86. The summed E-state index contributed by atoms with van der Waals surface area (Å²) >= 11 is 0. The summed E-state index contributed by atoms with van der Waals surface area (Å²) in [6.45, 7) is 2.08. The van der Waals surface area contributed by atoms with Gasteiger partial charge in [-0.1, -0.05) is 19.4 Å². The highest BCUT2D eigenvalue weighted by Gasteiger charge is 1.84. The van der Waals surface area contributed by atoms with Crippen LogP contribution in [0.1, 0.15) is 19.8 Å². The first kappa shape index (κ1) is 8.21. The first-order valence-electron chi connectivity index (χ1n) is 3.19. The zero-order valence-electron chi connectivity index (χ0n) is 5.98. The molecule has 0 bridgehead atoms. The Labute approximate surface area is 56.0 Å². The summed E-state index contributed by atoms with van der Waals surface area (Å²) in [5.74, 6) is -0.0246. The summed E-state index contributed by atoms with van der Waals surface area (Å²) in [4.78, 5) is 10.5. The lowest BCUT2D eigenvalue weighted by Crippen LogP contribution is -2.13. The van der Waals surface area contributed by atoms with Gasteiger partial charge in [0.25, 0.3) is 0 Å². The van der Waals surface area contributed by atoms with E-state index in [9.17, 15) is 4.79 Å². The summed E-state index contributed by atoms with van der Waals surface area (Å²) in [7, 11) is 1.62. The van der Waals surface area contributed by atoms with Gasteiger partial charge in [0, 0.05) is 7.05 Å².